The van der Waals surface area contributed by atoms with Gasteiger partial charge >= 0.3 is 0 Å². The molecule has 0 spiro atoms. The molecule has 7 nitrogen and oxygen atoms in total. The Hall–Kier alpha value is -2.31. The van der Waals surface area contributed by atoms with Crippen LogP contribution in [-0.4, -0.2) is 46.5 Å². The zero-order chi connectivity index (χ0) is 13.9. The molecular weight excluding hydrogens is 256 g/mol. The van der Waals surface area contributed by atoms with Gasteiger partial charge in [-0.05, 0) is 6.92 Å². The average Bonchev–Trinajstić information content (AvgIpc) is 2.80. The Kier molecular flexibility index (Phi) is 3.41. The van der Waals surface area contributed by atoms with E-state index in [1.807, 2.05) is 23.7 Å². The SMILES string of the molecule is CCNc1cn2ccnc2c(N2CCNC(=O)CC2)n1. The van der Waals surface area contributed by atoms with Gasteiger partial charge in [-0.3, -0.25) is 4.79 Å². The molecule has 3 rings (SSSR count). The quantitative estimate of drug-likeness (QED) is 0.852. The molecule has 0 atom stereocenters. The molecule has 2 N–H and O–H groups in total. The number of carbonyl (C=O) groups excluding carboxylic acids is 1. The lowest BCUT2D eigenvalue weighted by molar-refractivity contribution is -0.120. The van der Waals surface area contributed by atoms with Gasteiger partial charge in [0.15, 0.2) is 11.5 Å². The summed E-state index contributed by atoms with van der Waals surface area (Å²) in [6.07, 6.45) is 6.08. The molecular formula is C13H18N6O. The summed E-state index contributed by atoms with van der Waals surface area (Å²) in [5.41, 5.74) is 0.820. The Bertz CT molecular complexity index is 622. The molecule has 1 fully saturated rings. The summed E-state index contributed by atoms with van der Waals surface area (Å²) in [6.45, 7) is 4.90. The number of anilines is 2. The Labute approximate surface area is 117 Å². The lowest BCUT2D eigenvalue weighted by atomic mass is 10.3. The van der Waals surface area contributed by atoms with Crippen molar-refractivity contribution >= 4 is 23.2 Å². The van der Waals surface area contributed by atoms with E-state index in [0.717, 1.165) is 30.4 Å². The maximum absolute atomic E-state index is 11.5. The molecule has 0 bridgehead atoms. The maximum Gasteiger partial charge on any atom is 0.221 e. The second-order valence-electron chi connectivity index (χ2n) is 4.73. The van der Waals surface area contributed by atoms with Gasteiger partial charge in [0.25, 0.3) is 0 Å². The van der Waals surface area contributed by atoms with E-state index in [2.05, 4.69) is 25.5 Å². The Morgan fingerprint density at radius 2 is 2.35 bits per heavy atom. The average molecular weight is 274 g/mol. The second-order valence-corrected chi connectivity index (χ2v) is 4.73. The number of amides is 1. The van der Waals surface area contributed by atoms with E-state index < -0.39 is 0 Å². The lowest BCUT2D eigenvalue weighted by Gasteiger charge is -2.21. The van der Waals surface area contributed by atoms with Gasteiger partial charge in [0, 0.05) is 45.0 Å². The summed E-state index contributed by atoms with van der Waals surface area (Å²) >= 11 is 0. The van der Waals surface area contributed by atoms with Crippen molar-refractivity contribution < 1.29 is 4.79 Å². The van der Waals surface area contributed by atoms with Crippen molar-refractivity contribution in [2.24, 2.45) is 0 Å². The van der Waals surface area contributed by atoms with Gasteiger partial charge in [0.05, 0.1) is 6.20 Å². The van der Waals surface area contributed by atoms with E-state index >= 15 is 0 Å². The molecule has 3 heterocycles. The van der Waals surface area contributed by atoms with E-state index in [0.29, 0.717) is 19.5 Å². The van der Waals surface area contributed by atoms with Crippen LogP contribution >= 0.6 is 0 Å². The largest absolute Gasteiger partial charge is 0.369 e. The topological polar surface area (TPSA) is 74.6 Å². The molecule has 2 aromatic heterocycles. The van der Waals surface area contributed by atoms with Gasteiger partial charge in [0.1, 0.15) is 5.82 Å². The van der Waals surface area contributed by atoms with Crippen LogP contribution < -0.4 is 15.5 Å². The molecule has 7 heteroatoms. The van der Waals surface area contributed by atoms with Crippen LogP contribution in [0.15, 0.2) is 18.6 Å². The van der Waals surface area contributed by atoms with Crippen molar-refractivity contribution in [3.63, 3.8) is 0 Å². The highest BCUT2D eigenvalue weighted by Crippen LogP contribution is 2.21. The van der Waals surface area contributed by atoms with E-state index in [1.54, 1.807) is 6.20 Å². The molecule has 0 radical (unpaired) electrons. The normalized spacial score (nSPS) is 16.1. The van der Waals surface area contributed by atoms with Crippen molar-refractivity contribution in [3.05, 3.63) is 18.6 Å². The third-order valence-corrected chi connectivity index (χ3v) is 3.33. The molecule has 0 unspecified atom stereocenters. The number of imidazole rings is 1. The molecule has 20 heavy (non-hydrogen) atoms. The second kappa shape index (κ2) is 5.36. The smallest absolute Gasteiger partial charge is 0.221 e. The van der Waals surface area contributed by atoms with Gasteiger partial charge in [-0.1, -0.05) is 0 Å². The van der Waals surface area contributed by atoms with E-state index in [4.69, 9.17) is 0 Å². The lowest BCUT2D eigenvalue weighted by Crippen LogP contribution is -2.29. The first kappa shape index (κ1) is 12.7. The van der Waals surface area contributed by atoms with Crippen LogP contribution in [0.4, 0.5) is 11.6 Å². The van der Waals surface area contributed by atoms with Gasteiger partial charge in [-0.2, -0.15) is 0 Å². The molecule has 0 saturated carbocycles. The third kappa shape index (κ3) is 2.38. The Morgan fingerprint density at radius 3 is 3.20 bits per heavy atom. The number of nitrogens with zero attached hydrogens (tertiary/aromatic N) is 4. The van der Waals surface area contributed by atoms with Crippen molar-refractivity contribution in [1.82, 2.24) is 19.7 Å². The fourth-order valence-corrected chi connectivity index (χ4v) is 2.37. The molecule has 1 amide bonds. The molecule has 0 aliphatic carbocycles. The summed E-state index contributed by atoms with van der Waals surface area (Å²) in [7, 11) is 0. The number of hydrogen-bond acceptors (Lipinski definition) is 5. The minimum absolute atomic E-state index is 0.0923. The van der Waals surface area contributed by atoms with E-state index in [9.17, 15) is 4.79 Å². The molecule has 0 aromatic carbocycles. The third-order valence-electron chi connectivity index (χ3n) is 3.33. The van der Waals surface area contributed by atoms with Crippen molar-refractivity contribution in [1.29, 1.82) is 0 Å². The first-order chi connectivity index (χ1) is 9.78. The summed E-state index contributed by atoms with van der Waals surface area (Å²) < 4.78 is 1.96. The van der Waals surface area contributed by atoms with Crippen LogP contribution in [0.2, 0.25) is 0 Å². The predicted octanol–water partition coefficient (Wildman–Crippen LogP) is 0.487. The summed E-state index contributed by atoms with van der Waals surface area (Å²) in [4.78, 5) is 22.6. The molecule has 1 aliphatic heterocycles. The van der Waals surface area contributed by atoms with Crippen LogP contribution in [-0.2, 0) is 4.79 Å². The van der Waals surface area contributed by atoms with Crippen molar-refractivity contribution in [2.75, 3.05) is 36.4 Å². The minimum Gasteiger partial charge on any atom is -0.369 e. The minimum atomic E-state index is 0.0923. The number of fused-ring (bicyclic) bond motifs is 1. The van der Waals surface area contributed by atoms with Gasteiger partial charge in [-0.25, -0.2) is 9.97 Å². The van der Waals surface area contributed by atoms with Crippen LogP contribution in [0.3, 0.4) is 0 Å². The standard InChI is InChI=1S/C13H18N6O/c1-2-14-10-9-19-8-5-16-12(19)13(17-10)18-6-3-11(20)15-4-7-18/h5,8-9,14H,2-4,6-7H2,1H3,(H,15,20). The van der Waals surface area contributed by atoms with Gasteiger partial charge < -0.3 is 19.9 Å². The summed E-state index contributed by atoms with van der Waals surface area (Å²) in [6, 6.07) is 0. The molecule has 106 valence electrons. The number of nitrogens with one attached hydrogen (secondary N) is 2. The molecule has 1 saturated heterocycles. The molecule has 2 aromatic rings. The van der Waals surface area contributed by atoms with E-state index in [1.165, 1.54) is 0 Å². The van der Waals surface area contributed by atoms with Crippen LogP contribution in [0.5, 0.6) is 0 Å². The summed E-state index contributed by atoms with van der Waals surface area (Å²) in [5, 5.41) is 6.10. The number of carbonyl (C=O) groups is 1. The Morgan fingerprint density at radius 1 is 1.45 bits per heavy atom. The van der Waals surface area contributed by atoms with Gasteiger partial charge in [-0.15, -0.1) is 0 Å². The maximum atomic E-state index is 11.5. The number of hydrogen-bond donors (Lipinski definition) is 2. The fourth-order valence-electron chi connectivity index (χ4n) is 2.37. The highest BCUT2D eigenvalue weighted by Gasteiger charge is 2.18. The highest BCUT2D eigenvalue weighted by atomic mass is 16.1. The van der Waals surface area contributed by atoms with Crippen molar-refractivity contribution in [3.8, 4) is 0 Å². The zero-order valence-corrected chi connectivity index (χ0v) is 11.5. The first-order valence-electron chi connectivity index (χ1n) is 6.87. The monoisotopic (exact) mass is 274 g/mol. The molecule has 1 aliphatic rings. The predicted molar refractivity (Wildman–Crippen MR) is 77.0 cm³/mol. The fraction of sp³-hybridized carbons (Fsp3) is 0.462. The Balaban J connectivity index is 1.99. The van der Waals surface area contributed by atoms with Crippen molar-refractivity contribution in [2.45, 2.75) is 13.3 Å². The van der Waals surface area contributed by atoms with Crippen LogP contribution in [0, 0.1) is 0 Å². The van der Waals surface area contributed by atoms with Gasteiger partial charge in [0.2, 0.25) is 5.91 Å². The van der Waals surface area contributed by atoms with Crippen LogP contribution in [0.25, 0.3) is 5.65 Å². The summed E-state index contributed by atoms with van der Waals surface area (Å²) in [5.74, 6) is 1.73. The number of rotatable bonds is 3. The highest BCUT2D eigenvalue weighted by molar-refractivity contribution is 5.78. The number of aromatic nitrogens is 3. The van der Waals surface area contributed by atoms with E-state index in [-0.39, 0.29) is 5.91 Å². The van der Waals surface area contributed by atoms with Crippen LogP contribution in [0.1, 0.15) is 13.3 Å². The first-order valence-corrected chi connectivity index (χ1v) is 6.87. The zero-order valence-electron chi connectivity index (χ0n) is 11.5.